The Morgan fingerprint density at radius 3 is 2.23 bits per heavy atom. The number of phenolic OH excluding ortho intramolecular Hbond substituents is 1. The molecule has 4 N–H and O–H groups in total. The van der Waals surface area contributed by atoms with Crippen LogP contribution in [0.3, 0.4) is 0 Å². The van der Waals surface area contributed by atoms with E-state index in [2.05, 4.69) is 30.5 Å². The predicted octanol–water partition coefficient (Wildman–Crippen LogP) is 7.35. The van der Waals surface area contributed by atoms with E-state index < -0.39 is 41.5 Å². The zero-order valence-corrected chi connectivity index (χ0v) is 27.1. The van der Waals surface area contributed by atoms with E-state index in [-0.39, 0.29) is 44.7 Å². The molecule has 244 valence electrons. The van der Waals surface area contributed by atoms with Gasteiger partial charge < -0.3 is 15.3 Å². The summed E-state index contributed by atoms with van der Waals surface area (Å²) >= 11 is 6.27. The minimum absolute atomic E-state index is 0.0118. The van der Waals surface area contributed by atoms with Crippen LogP contribution in [-0.4, -0.2) is 52.5 Å². The quantitative estimate of drug-likeness (QED) is 0.0860. The van der Waals surface area contributed by atoms with Gasteiger partial charge in [0, 0.05) is 23.0 Å². The molecule has 0 saturated carbocycles. The van der Waals surface area contributed by atoms with Crippen LogP contribution in [0.25, 0.3) is 21.5 Å². The van der Waals surface area contributed by atoms with Crippen molar-refractivity contribution in [2.45, 2.75) is 16.7 Å². The summed E-state index contributed by atoms with van der Waals surface area (Å²) in [5, 5.41) is 22.9. The summed E-state index contributed by atoms with van der Waals surface area (Å²) in [6.07, 6.45) is 0. The average molecular weight is 706 g/mol. The van der Waals surface area contributed by atoms with Crippen molar-refractivity contribution >= 4 is 88.0 Å². The Bertz CT molecular complexity index is 2470. The number of phenols is 1. The second-order valence-electron chi connectivity index (χ2n) is 10.2. The number of hydrogen-bond acceptors (Lipinski definition) is 12. The van der Waals surface area contributed by atoms with Gasteiger partial charge in [0.05, 0.1) is 5.69 Å². The number of benzene rings is 5. The van der Waals surface area contributed by atoms with Crippen molar-refractivity contribution in [1.82, 2.24) is 15.0 Å². The molecule has 0 amide bonds. The summed E-state index contributed by atoms with van der Waals surface area (Å²) in [4.78, 5) is 13.3. The van der Waals surface area contributed by atoms with E-state index in [1.165, 1.54) is 24.3 Å². The number of halogens is 1. The number of anilines is 4. The molecular formula is C31H24ClN7O7S2. The van der Waals surface area contributed by atoms with Crippen LogP contribution >= 0.6 is 11.6 Å². The summed E-state index contributed by atoms with van der Waals surface area (Å²) in [6.45, 7) is 2.39. The van der Waals surface area contributed by atoms with Crippen LogP contribution in [0.15, 0.2) is 111 Å². The van der Waals surface area contributed by atoms with Gasteiger partial charge in [-0.25, -0.2) is 0 Å². The van der Waals surface area contributed by atoms with Crippen molar-refractivity contribution in [2.24, 2.45) is 10.2 Å². The van der Waals surface area contributed by atoms with Crippen LogP contribution in [0.2, 0.25) is 5.28 Å². The number of nitrogens with one attached hydrogen (secondary N) is 1. The molecule has 0 aliphatic carbocycles. The van der Waals surface area contributed by atoms with Gasteiger partial charge in [0.25, 0.3) is 20.2 Å². The lowest BCUT2D eigenvalue weighted by Gasteiger charge is -2.21. The van der Waals surface area contributed by atoms with E-state index in [4.69, 9.17) is 11.6 Å². The number of hydrogen-bond donors (Lipinski definition) is 4. The first-order valence-corrected chi connectivity index (χ1v) is 17.3. The first-order chi connectivity index (χ1) is 22.8. The predicted molar refractivity (Wildman–Crippen MR) is 181 cm³/mol. The molecular weight excluding hydrogens is 682 g/mol. The summed E-state index contributed by atoms with van der Waals surface area (Å²) < 4.78 is 69.8. The molecule has 6 aromatic rings. The van der Waals surface area contributed by atoms with E-state index in [0.29, 0.717) is 11.9 Å². The van der Waals surface area contributed by atoms with Gasteiger partial charge in [0.15, 0.2) is 5.75 Å². The maximum absolute atomic E-state index is 12.5. The second-order valence-corrected chi connectivity index (χ2v) is 13.3. The van der Waals surface area contributed by atoms with Gasteiger partial charge >= 0.3 is 0 Å². The SMILES string of the molecule is CCN(c1ccccc1)c1nc(Cl)nc(Nc2cccc3cc(S(=O)(=O)O)c(/N=N/c4ccc5ccccc5c4S(=O)(=O)O)c(O)c23)n1. The number of aromatic hydroxyl groups is 1. The van der Waals surface area contributed by atoms with Crippen molar-refractivity contribution in [3.63, 3.8) is 0 Å². The first-order valence-electron chi connectivity index (χ1n) is 14.0. The maximum Gasteiger partial charge on any atom is 0.297 e. The minimum atomic E-state index is -5.00. The molecule has 0 bridgehead atoms. The highest BCUT2D eigenvalue weighted by Crippen LogP contribution is 2.45. The van der Waals surface area contributed by atoms with Crippen LogP contribution < -0.4 is 10.2 Å². The third-order valence-corrected chi connectivity index (χ3v) is 9.18. The lowest BCUT2D eigenvalue weighted by atomic mass is 10.1. The number of fused-ring (bicyclic) bond motifs is 2. The van der Waals surface area contributed by atoms with Gasteiger partial charge in [-0.05, 0) is 59.6 Å². The van der Waals surface area contributed by atoms with Crippen LogP contribution in [0, 0.1) is 0 Å². The number of para-hydroxylation sites is 1. The standard InChI is InChI=1S/C31H24ClN7O7S2/c1-2-39(20-11-4-3-5-12-20)31-35-29(32)34-30(36-31)33-22-14-8-10-19-17-24(47(41,42)43)26(27(40)25(19)22)38-37-23-16-15-18-9-6-7-13-21(18)28(23)48(44,45)46/h3-17,40H,2H2,1H3,(H,41,42,43)(H,44,45,46)(H,33,34,35,36)/b38-37+. The Morgan fingerprint density at radius 2 is 1.52 bits per heavy atom. The van der Waals surface area contributed by atoms with E-state index >= 15 is 0 Å². The number of rotatable bonds is 9. The van der Waals surface area contributed by atoms with Crippen molar-refractivity contribution in [3.8, 4) is 5.75 Å². The smallest absolute Gasteiger partial charge is 0.297 e. The van der Waals surface area contributed by atoms with Gasteiger partial charge in [0.2, 0.25) is 17.2 Å². The van der Waals surface area contributed by atoms with Gasteiger partial charge in [-0.15, -0.1) is 10.2 Å². The average Bonchev–Trinajstić information content (AvgIpc) is 3.03. The molecule has 0 atom stereocenters. The maximum atomic E-state index is 12.5. The Kier molecular flexibility index (Phi) is 8.67. The Balaban J connectivity index is 1.49. The molecule has 5 aromatic carbocycles. The van der Waals surface area contributed by atoms with E-state index in [9.17, 15) is 31.0 Å². The normalized spacial score (nSPS) is 12.2. The lowest BCUT2D eigenvalue weighted by molar-refractivity contribution is 0.472. The zero-order valence-electron chi connectivity index (χ0n) is 24.7. The van der Waals surface area contributed by atoms with Crippen molar-refractivity contribution < 1.29 is 31.0 Å². The van der Waals surface area contributed by atoms with Crippen LogP contribution in [0.5, 0.6) is 5.75 Å². The molecule has 0 spiro atoms. The third-order valence-electron chi connectivity index (χ3n) is 7.20. The molecule has 17 heteroatoms. The fourth-order valence-electron chi connectivity index (χ4n) is 5.17. The molecule has 0 radical (unpaired) electrons. The number of nitrogens with zero attached hydrogens (tertiary/aromatic N) is 6. The van der Waals surface area contributed by atoms with E-state index in [1.807, 2.05) is 37.3 Å². The Labute approximate surface area is 278 Å². The highest BCUT2D eigenvalue weighted by atomic mass is 35.5. The summed E-state index contributed by atoms with van der Waals surface area (Å²) in [5.41, 5.74) is -0.0741. The van der Waals surface area contributed by atoms with E-state index in [1.54, 1.807) is 35.2 Å². The van der Waals surface area contributed by atoms with Gasteiger partial charge in [-0.3, -0.25) is 9.11 Å². The number of aromatic nitrogens is 3. The first kappa shape index (κ1) is 32.7. The van der Waals surface area contributed by atoms with Crippen molar-refractivity contribution in [3.05, 3.63) is 96.3 Å². The summed E-state index contributed by atoms with van der Waals surface area (Å²) in [6, 6.07) is 24.0. The van der Waals surface area contributed by atoms with Crippen LogP contribution in [0.4, 0.5) is 34.6 Å². The minimum Gasteiger partial charge on any atom is -0.505 e. The lowest BCUT2D eigenvalue weighted by Crippen LogP contribution is -2.19. The molecule has 0 unspecified atom stereocenters. The van der Waals surface area contributed by atoms with Crippen LogP contribution in [0.1, 0.15) is 6.92 Å². The van der Waals surface area contributed by atoms with Gasteiger partial charge in [-0.2, -0.15) is 31.8 Å². The molecule has 0 aliphatic rings. The van der Waals surface area contributed by atoms with Crippen LogP contribution in [-0.2, 0) is 20.2 Å². The molecule has 0 fully saturated rings. The Morgan fingerprint density at radius 1 is 0.812 bits per heavy atom. The summed E-state index contributed by atoms with van der Waals surface area (Å²) in [5.74, 6) is -0.521. The van der Waals surface area contributed by atoms with Crippen molar-refractivity contribution in [2.75, 3.05) is 16.8 Å². The molecule has 0 saturated heterocycles. The second kappa shape index (κ2) is 12.7. The topological polar surface area (TPSA) is 208 Å². The molecule has 6 rings (SSSR count). The third kappa shape index (κ3) is 6.47. The highest BCUT2D eigenvalue weighted by Gasteiger charge is 2.25. The number of azo groups is 1. The van der Waals surface area contributed by atoms with Crippen molar-refractivity contribution in [1.29, 1.82) is 0 Å². The zero-order chi connectivity index (χ0) is 34.2. The van der Waals surface area contributed by atoms with Gasteiger partial charge in [-0.1, -0.05) is 60.7 Å². The Hall–Kier alpha value is -5.26. The van der Waals surface area contributed by atoms with Gasteiger partial charge in [0.1, 0.15) is 21.2 Å². The highest BCUT2D eigenvalue weighted by molar-refractivity contribution is 7.86. The molecule has 0 aliphatic heterocycles. The summed E-state index contributed by atoms with van der Waals surface area (Å²) in [7, 11) is -9.85. The molecule has 14 nitrogen and oxygen atoms in total. The monoisotopic (exact) mass is 705 g/mol. The fourth-order valence-corrected chi connectivity index (χ4v) is 6.82. The largest absolute Gasteiger partial charge is 0.505 e. The molecule has 48 heavy (non-hydrogen) atoms. The van der Waals surface area contributed by atoms with E-state index in [0.717, 1.165) is 11.8 Å². The molecule has 1 heterocycles. The fraction of sp³-hybridized carbons (Fsp3) is 0.0645. The molecule has 1 aromatic heterocycles.